The lowest BCUT2D eigenvalue weighted by molar-refractivity contribution is -0.122. The van der Waals surface area contributed by atoms with Crippen molar-refractivity contribution in [2.45, 2.75) is 82.8 Å². The number of unbranched alkanes of at least 4 members (excludes halogenated alkanes) is 3. The van der Waals surface area contributed by atoms with Crippen molar-refractivity contribution >= 4 is 11.7 Å². The molecule has 0 fully saturated rings. The van der Waals surface area contributed by atoms with Crippen LogP contribution in [0.4, 0.5) is 0 Å². The molecule has 1 amide bonds. The summed E-state index contributed by atoms with van der Waals surface area (Å²) in [5, 5.41) is 30.9. The Labute approximate surface area is 191 Å². The molecule has 4 N–H and O–H groups in total. The first-order valence-corrected chi connectivity index (χ1v) is 12.0. The Balaban J connectivity index is 1.59. The third-order valence-electron chi connectivity index (χ3n) is 6.23. The largest absolute Gasteiger partial charge is 0.394 e. The fraction of sp³-hybridized carbons (Fsp3) is 0.615. The van der Waals surface area contributed by atoms with Gasteiger partial charge in [-0.05, 0) is 44.1 Å². The Hall–Kier alpha value is -2.02. The van der Waals surface area contributed by atoms with Crippen LogP contribution in [0.15, 0.2) is 42.0 Å². The van der Waals surface area contributed by atoms with Gasteiger partial charge in [0.2, 0.25) is 5.91 Å². The molecule has 2 rings (SSSR count). The predicted octanol–water partition coefficient (Wildman–Crippen LogP) is 3.09. The van der Waals surface area contributed by atoms with Gasteiger partial charge in [-0.25, -0.2) is 0 Å². The lowest BCUT2D eigenvalue weighted by Gasteiger charge is -2.16. The van der Waals surface area contributed by atoms with E-state index in [1.54, 1.807) is 0 Å². The summed E-state index contributed by atoms with van der Waals surface area (Å²) in [4.78, 5) is 24.0. The Bertz CT molecular complexity index is 714. The minimum Gasteiger partial charge on any atom is -0.394 e. The van der Waals surface area contributed by atoms with Gasteiger partial charge in [-0.3, -0.25) is 9.59 Å². The van der Waals surface area contributed by atoms with Gasteiger partial charge < -0.3 is 20.6 Å². The van der Waals surface area contributed by atoms with Crippen molar-refractivity contribution in [2.75, 3.05) is 13.2 Å². The maximum Gasteiger partial charge on any atom is 0.220 e. The molecule has 2 atom stereocenters. The van der Waals surface area contributed by atoms with Crippen LogP contribution >= 0.6 is 0 Å². The monoisotopic (exact) mass is 445 g/mol. The molecule has 0 saturated heterocycles. The molecule has 0 aliphatic heterocycles. The van der Waals surface area contributed by atoms with E-state index in [4.69, 9.17) is 10.2 Å². The first-order chi connectivity index (χ1) is 15.5. The predicted molar refractivity (Wildman–Crippen MR) is 125 cm³/mol. The van der Waals surface area contributed by atoms with E-state index in [-0.39, 0.29) is 36.9 Å². The number of Topliss-reactive ketones (excluding diaryl/α,β-unsaturated/α-hetero) is 1. The number of aliphatic hydroxyl groups is 3. The van der Waals surface area contributed by atoms with Crippen molar-refractivity contribution in [2.24, 2.45) is 5.92 Å². The van der Waals surface area contributed by atoms with Gasteiger partial charge in [0.1, 0.15) is 5.78 Å². The van der Waals surface area contributed by atoms with Crippen LogP contribution < -0.4 is 5.32 Å². The van der Waals surface area contributed by atoms with Crippen molar-refractivity contribution in [1.82, 2.24) is 5.32 Å². The van der Waals surface area contributed by atoms with Crippen molar-refractivity contribution < 1.29 is 24.9 Å². The van der Waals surface area contributed by atoms with E-state index >= 15 is 0 Å². The van der Waals surface area contributed by atoms with Gasteiger partial charge in [-0.15, -0.1) is 0 Å². The lowest BCUT2D eigenvalue weighted by atomic mass is 9.90. The number of rotatable bonds is 16. The van der Waals surface area contributed by atoms with Gasteiger partial charge in [-0.1, -0.05) is 61.2 Å². The second kappa shape index (κ2) is 14.9. The molecule has 6 heteroatoms. The number of aryl methyl sites for hydroxylation is 1. The van der Waals surface area contributed by atoms with Gasteiger partial charge in [0.15, 0.2) is 0 Å². The van der Waals surface area contributed by atoms with E-state index in [0.717, 1.165) is 51.4 Å². The smallest absolute Gasteiger partial charge is 0.220 e. The minimum atomic E-state index is -0.585. The lowest BCUT2D eigenvalue weighted by Crippen LogP contribution is -2.39. The zero-order valence-electron chi connectivity index (χ0n) is 19.0. The summed E-state index contributed by atoms with van der Waals surface area (Å²) in [6.45, 7) is -0.533. The summed E-state index contributed by atoms with van der Waals surface area (Å²) in [5.41, 5.74) is 2.42. The number of hydrogen-bond donors (Lipinski definition) is 4. The highest BCUT2D eigenvalue weighted by molar-refractivity contribution is 5.88. The molecule has 32 heavy (non-hydrogen) atoms. The Morgan fingerprint density at radius 3 is 2.41 bits per heavy atom. The van der Waals surface area contributed by atoms with Crippen LogP contribution in [0.2, 0.25) is 0 Å². The highest BCUT2D eigenvalue weighted by Gasteiger charge is 2.26. The molecule has 0 spiro atoms. The van der Waals surface area contributed by atoms with E-state index in [9.17, 15) is 14.7 Å². The third kappa shape index (κ3) is 9.63. The molecule has 0 unspecified atom stereocenters. The van der Waals surface area contributed by atoms with Crippen LogP contribution in [0.1, 0.15) is 69.8 Å². The fourth-order valence-corrected chi connectivity index (χ4v) is 4.24. The molecule has 0 bridgehead atoms. The van der Waals surface area contributed by atoms with Crippen LogP contribution in [0.5, 0.6) is 0 Å². The summed E-state index contributed by atoms with van der Waals surface area (Å²) in [6, 6.07) is 9.59. The molecular formula is C26H39NO5. The molecule has 1 aromatic rings. The standard InChI is InChI=1S/C26H39NO5/c28-18-22(19-29)27-26(32)11-7-2-1-6-10-24-21(14-17-25(24)31)13-16-23(30)15-12-20-8-4-3-5-9-20/h3-5,8-9,14,22-24,28-30H,1-2,6-7,10-13,15-19H2,(H,27,32)/t23-,24+/m0/s1. The zero-order valence-corrected chi connectivity index (χ0v) is 19.0. The zero-order chi connectivity index (χ0) is 23.2. The second-order valence-electron chi connectivity index (χ2n) is 8.80. The number of benzene rings is 1. The number of aliphatic hydroxyl groups excluding tert-OH is 3. The molecule has 0 radical (unpaired) electrons. The molecule has 1 aromatic carbocycles. The number of amides is 1. The topological polar surface area (TPSA) is 107 Å². The molecule has 178 valence electrons. The molecule has 0 aromatic heterocycles. The molecular weight excluding hydrogens is 406 g/mol. The Morgan fingerprint density at radius 2 is 1.69 bits per heavy atom. The molecule has 0 saturated carbocycles. The van der Waals surface area contributed by atoms with Gasteiger partial charge in [0, 0.05) is 18.8 Å². The number of allylic oxidation sites excluding steroid dienone is 2. The summed E-state index contributed by atoms with van der Waals surface area (Å²) in [5.74, 6) is 0.131. The van der Waals surface area contributed by atoms with E-state index in [1.807, 2.05) is 18.2 Å². The molecule has 1 aliphatic carbocycles. The van der Waals surface area contributed by atoms with Crippen molar-refractivity contribution in [1.29, 1.82) is 0 Å². The summed E-state index contributed by atoms with van der Waals surface area (Å²) in [7, 11) is 0. The SMILES string of the molecule is O=C(CCCCCC[C@H]1C(=O)CC=C1CC[C@@H](O)CCc1ccccc1)NC(CO)CO. The van der Waals surface area contributed by atoms with Crippen LogP contribution in [0, 0.1) is 5.92 Å². The molecule has 6 nitrogen and oxygen atoms in total. The number of nitrogens with one attached hydrogen (secondary N) is 1. The van der Waals surface area contributed by atoms with E-state index in [0.29, 0.717) is 19.3 Å². The molecule has 1 aliphatic rings. The van der Waals surface area contributed by atoms with Crippen molar-refractivity contribution in [3.8, 4) is 0 Å². The van der Waals surface area contributed by atoms with Gasteiger partial charge in [-0.2, -0.15) is 0 Å². The highest BCUT2D eigenvalue weighted by atomic mass is 16.3. The summed E-state index contributed by atoms with van der Waals surface area (Å²) < 4.78 is 0. The number of carbonyl (C=O) groups excluding carboxylic acids is 2. The number of carbonyl (C=O) groups is 2. The number of hydrogen-bond acceptors (Lipinski definition) is 5. The van der Waals surface area contributed by atoms with Crippen LogP contribution in [0.25, 0.3) is 0 Å². The van der Waals surface area contributed by atoms with E-state index in [2.05, 4.69) is 23.5 Å². The minimum absolute atomic E-state index is 0.00510. The quantitative estimate of drug-likeness (QED) is 0.231. The van der Waals surface area contributed by atoms with Gasteiger partial charge >= 0.3 is 0 Å². The Morgan fingerprint density at radius 1 is 1.00 bits per heavy atom. The Kier molecular flexibility index (Phi) is 12.2. The highest BCUT2D eigenvalue weighted by Crippen LogP contribution is 2.31. The third-order valence-corrected chi connectivity index (χ3v) is 6.23. The van der Waals surface area contributed by atoms with Crippen LogP contribution in [0.3, 0.4) is 0 Å². The van der Waals surface area contributed by atoms with E-state index in [1.165, 1.54) is 11.1 Å². The summed E-state index contributed by atoms with van der Waals surface area (Å²) in [6.07, 6.45) is 10.1. The van der Waals surface area contributed by atoms with Gasteiger partial charge in [0.25, 0.3) is 0 Å². The molecule has 0 heterocycles. The fourth-order valence-electron chi connectivity index (χ4n) is 4.24. The van der Waals surface area contributed by atoms with Gasteiger partial charge in [0.05, 0.1) is 25.4 Å². The van der Waals surface area contributed by atoms with E-state index < -0.39 is 6.04 Å². The average Bonchev–Trinajstić information content (AvgIpc) is 3.16. The first-order valence-electron chi connectivity index (χ1n) is 12.0. The summed E-state index contributed by atoms with van der Waals surface area (Å²) >= 11 is 0. The average molecular weight is 446 g/mol. The first kappa shape index (κ1) is 26.2. The maximum absolute atomic E-state index is 12.3. The normalized spacial score (nSPS) is 16.9. The number of ketones is 1. The second-order valence-corrected chi connectivity index (χ2v) is 8.80. The van der Waals surface area contributed by atoms with Crippen LogP contribution in [-0.4, -0.2) is 52.4 Å². The van der Waals surface area contributed by atoms with Crippen LogP contribution in [-0.2, 0) is 16.0 Å². The maximum atomic E-state index is 12.3. The van der Waals surface area contributed by atoms with Crippen molar-refractivity contribution in [3.63, 3.8) is 0 Å². The van der Waals surface area contributed by atoms with Crippen molar-refractivity contribution in [3.05, 3.63) is 47.5 Å².